The van der Waals surface area contributed by atoms with E-state index in [2.05, 4.69) is 15.6 Å². The highest BCUT2D eigenvalue weighted by Gasteiger charge is 2.28. The van der Waals surface area contributed by atoms with Gasteiger partial charge in [-0.25, -0.2) is 4.98 Å². The van der Waals surface area contributed by atoms with Gasteiger partial charge in [0.05, 0.1) is 16.2 Å². The molecule has 218 valence electrons. The van der Waals surface area contributed by atoms with Gasteiger partial charge in [-0.15, -0.1) is 0 Å². The lowest BCUT2D eigenvalue weighted by atomic mass is 9.81. The largest absolute Gasteiger partial charge is 0.352 e. The molecule has 0 bridgehead atoms. The molecule has 2 N–H and O–H groups in total. The Bertz CT molecular complexity index is 1550. The number of aromatic nitrogens is 3. The first-order chi connectivity index (χ1) is 20.5. The minimum atomic E-state index is -0.398. The highest BCUT2D eigenvalue weighted by molar-refractivity contribution is 8.00. The summed E-state index contributed by atoms with van der Waals surface area (Å²) in [4.78, 5) is 48.6. The van der Waals surface area contributed by atoms with Crippen molar-refractivity contribution in [3.63, 3.8) is 0 Å². The lowest BCUT2D eigenvalue weighted by molar-refractivity contribution is -0.126. The second kappa shape index (κ2) is 14.3. The Morgan fingerprint density at radius 2 is 1.64 bits per heavy atom. The highest BCUT2D eigenvalue weighted by Crippen LogP contribution is 2.32. The quantitative estimate of drug-likeness (QED) is 0.188. The monoisotopic (exact) mass is 583 g/mol. The molecular formula is C33H37N5O3S. The van der Waals surface area contributed by atoms with Crippen molar-refractivity contribution in [3.8, 4) is 0 Å². The molecule has 1 atom stereocenters. The summed E-state index contributed by atoms with van der Waals surface area (Å²) in [6.07, 6.45) is 7.32. The summed E-state index contributed by atoms with van der Waals surface area (Å²) in [6.45, 7) is 3.41. The number of nitrogens with zero attached hydrogens (tertiary/aromatic N) is 3. The van der Waals surface area contributed by atoms with E-state index in [1.807, 2.05) is 73.7 Å². The Kier molecular flexibility index (Phi) is 10.0. The van der Waals surface area contributed by atoms with Gasteiger partial charge in [-0.1, -0.05) is 67.2 Å². The zero-order valence-electron chi connectivity index (χ0n) is 23.9. The van der Waals surface area contributed by atoms with Crippen LogP contribution >= 0.6 is 11.8 Å². The molecule has 1 saturated carbocycles. The van der Waals surface area contributed by atoms with E-state index in [1.165, 1.54) is 11.8 Å². The maximum absolute atomic E-state index is 13.7. The van der Waals surface area contributed by atoms with Crippen molar-refractivity contribution in [1.29, 1.82) is 0 Å². The van der Waals surface area contributed by atoms with E-state index in [-0.39, 0.29) is 29.2 Å². The van der Waals surface area contributed by atoms with Crippen LogP contribution in [0.3, 0.4) is 0 Å². The number of hydrogen-bond donors (Lipinski definition) is 2. The number of pyridine rings is 1. The molecule has 2 aromatic carbocycles. The van der Waals surface area contributed by atoms with Gasteiger partial charge in [0.25, 0.3) is 5.56 Å². The number of rotatable bonds is 11. The number of amides is 2. The average Bonchev–Trinajstić information content (AvgIpc) is 3.04. The molecule has 0 saturated heterocycles. The minimum Gasteiger partial charge on any atom is -0.352 e. The predicted octanol–water partition coefficient (Wildman–Crippen LogP) is 5.10. The van der Waals surface area contributed by atoms with Gasteiger partial charge in [0, 0.05) is 37.9 Å². The molecule has 4 aromatic rings. The van der Waals surface area contributed by atoms with Gasteiger partial charge in [0.1, 0.15) is 0 Å². The van der Waals surface area contributed by atoms with Crippen molar-refractivity contribution >= 4 is 34.5 Å². The lowest BCUT2D eigenvalue weighted by Crippen LogP contribution is -2.35. The third-order valence-electron chi connectivity index (χ3n) is 7.89. The number of para-hydroxylation sites is 1. The summed E-state index contributed by atoms with van der Waals surface area (Å²) in [5.41, 5.74) is 2.56. The molecule has 2 heterocycles. The van der Waals surface area contributed by atoms with Gasteiger partial charge in [-0.3, -0.25) is 23.9 Å². The van der Waals surface area contributed by atoms with Crippen LogP contribution in [0.4, 0.5) is 0 Å². The second-order valence-electron chi connectivity index (χ2n) is 10.8. The van der Waals surface area contributed by atoms with Crippen LogP contribution in [0.25, 0.3) is 10.9 Å². The Balaban J connectivity index is 1.26. The molecule has 0 aliphatic heterocycles. The summed E-state index contributed by atoms with van der Waals surface area (Å²) >= 11 is 1.35. The van der Waals surface area contributed by atoms with Crippen LogP contribution in [-0.4, -0.2) is 31.6 Å². The average molecular weight is 584 g/mol. The highest BCUT2D eigenvalue weighted by atomic mass is 32.2. The van der Waals surface area contributed by atoms with Crippen molar-refractivity contribution in [2.45, 2.75) is 69.1 Å². The van der Waals surface area contributed by atoms with E-state index >= 15 is 0 Å². The van der Waals surface area contributed by atoms with Crippen LogP contribution in [0.5, 0.6) is 0 Å². The van der Waals surface area contributed by atoms with Crippen molar-refractivity contribution in [2.24, 2.45) is 11.8 Å². The molecule has 8 nitrogen and oxygen atoms in total. The maximum Gasteiger partial charge on any atom is 0.262 e. The third kappa shape index (κ3) is 7.45. The van der Waals surface area contributed by atoms with Gasteiger partial charge in [-0.05, 0) is 67.3 Å². The van der Waals surface area contributed by atoms with E-state index in [0.717, 1.165) is 36.8 Å². The smallest absolute Gasteiger partial charge is 0.262 e. The summed E-state index contributed by atoms with van der Waals surface area (Å²) < 4.78 is 1.75. The van der Waals surface area contributed by atoms with E-state index in [1.54, 1.807) is 17.0 Å². The molecule has 42 heavy (non-hydrogen) atoms. The first-order valence-corrected chi connectivity index (χ1v) is 15.5. The van der Waals surface area contributed by atoms with Crippen LogP contribution in [0.15, 0.2) is 89.1 Å². The molecule has 0 radical (unpaired) electrons. The maximum atomic E-state index is 13.7. The van der Waals surface area contributed by atoms with Gasteiger partial charge in [0.2, 0.25) is 11.8 Å². The predicted molar refractivity (Wildman–Crippen MR) is 166 cm³/mol. The molecule has 2 amide bonds. The Labute approximate surface area is 250 Å². The molecule has 1 aliphatic carbocycles. The van der Waals surface area contributed by atoms with E-state index < -0.39 is 5.25 Å². The molecule has 9 heteroatoms. The zero-order valence-corrected chi connectivity index (χ0v) is 24.7. The lowest BCUT2D eigenvalue weighted by Gasteiger charge is -2.29. The zero-order chi connectivity index (χ0) is 29.3. The van der Waals surface area contributed by atoms with Crippen LogP contribution in [0.1, 0.15) is 50.2 Å². The van der Waals surface area contributed by atoms with Crippen LogP contribution in [0.2, 0.25) is 0 Å². The SMILES string of the molecule is CC[C@@H](Sc1nc2ccccc2c(=O)n1CC1CCC(C(=O)NCc2ccccc2)CC1)C(=O)NCc1cccnc1. The standard InChI is InChI=1S/C33H37N5O3S/c1-2-29(31(40)36-21-25-11-8-18-34-19-25)42-33-37-28-13-7-6-12-27(28)32(41)38(33)22-24-14-16-26(17-15-24)30(39)35-20-23-9-4-3-5-10-23/h3-13,18-19,24,26,29H,2,14-17,20-22H2,1H3,(H,35,39)(H,36,40)/t24?,26?,29-/m1/s1. The van der Waals surface area contributed by atoms with Gasteiger partial charge in [0.15, 0.2) is 5.16 Å². The summed E-state index contributed by atoms with van der Waals surface area (Å²) in [5.74, 6) is 0.240. The number of hydrogen-bond acceptors (Lipinski definition) is 6. The number of fused-ring (bicyclic) bond motifs is 1. The molecule has 0 spiro atoms. The van der Waals surface area contributed by atoms with Crippen molar-refractivity contribution < 1.29 is 9.59 Å². The Hall–Kier alpha value is -3.98. The number of benzene rings is 2. The van der Waals surface area contributed by atoms with Crippen molar-refractivity contribution in [3.05, 3.63) is 101 Å². The fraction of sp³-hybridized carbons (Fsp3) is 0.364. The fourth-order valence-corrected chi connectivity index (χ4v) is 6.50. The van der Waals surface area contributed by atoms with Gasteiger partial charge >= 0.3 is 0 Å². The van der Waals surface area contributed by atoms with Crippen LogP contribution in [-0.2, 0) is 29.2 Å². The number of carbonyl (C=O) groups excluding carboxylic acids is 2. The van der Waals surface area contributed by atoms with Crippen LogP contribution < -0.4 is 16.2 Å². The first-order valence-electron chi connectivity index (χ1n) is 14.7. The summed E-state index contributed by atoms with van der Waals surface area (Å²) in [5, 5.41) is 6.82. The van der Waals surface area contributed by atoms with Crippen LogP contribution in [0, 0.1) is 11.8 Å². The third-order valence-corrected chi connectivity index (χ3v) is 9.25. The van der Waals surface area contributed by atoms with Gasteiger partial charge in [-0.2, -0.15) is 0 Å². The number of thioether (sulfide) groups is 1. The summed E-state index contributed by atoms with van der Waals surface area (Å²) in [6, 6.07) is 21.1. The molecule has 0 unspecified atom stereocenters. The molecular weight excluding hydrogens is 546 g/mol. The number of nitrogens with one attached hydrogen (secondary N) is 2. The second-order valence-corrected chi connectivity index (χ2v) is 12.0. The van der Waals surface area contributed by atoms with E-state index in [0.29, 0.717) is 42.1 Å². The summed E-state index contributed by atoms with van der Waals surface area (Å²) in [7, 11) is 0. The molecule has 1 aliphatic rings. The first kappa shape index (κ1) is 29.5. The molecule has 1 fully saturated rings. The topological polar surface area (TPSA) is 106 Å². The normalized spacial score (nSPS) is 17.5. The Morgan fingerprint density at radius 1 is 0.929 bits per heavy atom. The number of carbonyl (C=O) groups is 2. The van der Waals surface area contributed by atoms with Crippen molar-refractivity contribution in [2.75, 3.05) is 0 Å². The van der Waals surface area contributed by atoms with Gasteiger partial charge < -0.3 is 10.6 Å². The molecule has 5 rings (SSSR count). The van der Waals surface area contributed by atoms with E-state index in [9.17, 15) is 14.4 Å². The van der Waals surface area contributed by atoms with Crippen molar-refractivity contribution in [1.82, 2.24) is 25.2 Å². The minimum absolute atomic E-state index is 0.0155. The Morgan fingerprint density at radius 3 is 2.38 bits per heavy atom. The molecule has 2 aromatic heterocycles. The van der Waals surface area contributed by atoms with E-state index in [4.69, 9.17) is 4.98 Å². The fourth-order valence-electron chi connectivity index (χ4n) is 5.45.